The van der Waals surface area contributed by atoms with Crippen LogP contribution < -0.4 is 20.1 Å². The molecule has 0 fully saturated rings. The Balaban J connectivity index is 1.55. The van der Waals surface area contributed by atoms with Gasteiger partial charge in [-0.3, -0.25) is 9.59 Å². The highest BCUT2D eigenvalue weighted by molar-refractivity contribution is 5.97. The number of nitrogens with one attached hydrogen (secondary N) is 2. The van der Waals surface area contributed by atoms with E-state index >= 15 is 0 Å². The SMILES string of the molecule is CCc1ccc(C(C#N)NC(=O)c2cn(CCNC(=O)c3ccc(OC(F)(F)F)cc3OC)nn2)cc1. The Hall–Kier alpha value is -4.60. The van der Waals surface area contributed by atoms with Crippen molar-refractivity contribution in [2.75, 3.05) is 13.7 Å². The lowest BCUT2D eigenvalue weighted by Crippen LogP contribution is -2.28. The summed E-state index contributed by atoms with van der Waals surface area (Å²) >= 11 is 0. The zero-order chi connectivity index (χ0) is 27.0. The minimum Gasteiger partial charge on any atom is -0.496 e. The standard InChI is InChI=1S/C24H23F3N6O4/c1-3-15-4-6-16(7-5-15)19(13-28)30-23(35)20-14-33(32-31-20)11-10-29-22(34)18-9-8-17(12-21(18)36-2)37-24(25,26)27/h4-9,12,14,19H,3,10-11H2,1-2H3,(H,29,34)(H,30,35). The number of aryl methyl sites for hydroxylation is 1. The first-order chi connectivity index (χ1) is 17.6. The number of rotatable bonds is 10. The maximum Gasteiger partial charge on any atom is 0.573 e. The van der Waals surface area contributed by atoms with Gasteiger partial charge in [-0.15, -0.1) is 18.3 Å². The van der Waals surface area contributed by atoms with E-state index in [2.05, 4.69) is 25.7 Å². The smallest absolute Gasteiger partial charge is 0.496 e. The number of hydrogen-bond acceptors (Lipinski definition) is 7. The van der Waals surface area contributed by atoms with Gasteiger partial charge in [-0.05, 0) is 29.7 Å². The molecule has 0 saturated heterocycles. The van der Waals surface area contributed by atoms with Crippen LogP contribution in [0.4, 0.5) is 13.2 Å². The number of aromatic nitrogens is 3. The molecule has 0 radical (unpaired) electrons. The van der Waals surface area contributed by atoms with Crippen LogP contribution in [0.2, 0.25) is 0 Å². The maximum absolute atomic E-state index is 12.5. The predicted octanol–water partition coefficient (Wildman–Crippen LogP) is 3.17. The molecule has 3 aromatic rings. The van der Waals surface area contributed by atoms with Gasteiger partial charge in [0.1, 0.15) is 17.5 Å². The van der Waals surface area contributed by atoms with E-state index in [-0.39, 0.29) is 30.1 Å². The molecule has 3 rings (SSSR count). The van der Waals surface area contributed by atoms with Gasteiger partial charge in [-0.2, -0.15) is 5.26 Å². The number of nitriles is 1. The molecule has 0 aliphatic carbocycles. The molecule has 1 unspecified atom stereocenters. The molecule has 2 N–H and O–H groups in total. The first-order valence-electron chi connectivity index (χ1n) is 11.0. The van der Waals surface area contributed by atoms with Crippen molar-refractivity contribution in [2.45, 2.75) is 32.3 Å². The number of carbonyl (C=O) groups excluding carboxylic acids is 2. The molecule has 2 aromatic carbocycles. The third-order valence-corrected chi connectivity index (χ3v) is 5.17. The molecule has 10 nitrogen and oxygen atoms in total. The average Bonchev–Trinajstić information content (AvgIpc) is 3.35. The van der Waals surface area contributed by atoms with Gasteiger partial charge in [0.15, 0.2) is 5.69 Å². The molecule has 2 amide bonds. The van der Waals surface area contributed by atoms with E-state index in [1.165, 1.54) is 18.0 Å². The summed E-state index contributed by atoms with van der Waals surface area (Å²) in [6.07, 6.45) is -2.66. The fraction of sp³-hybridized carbons (Fsp3) is 0.292. The van der Waals surface area contributed by atoms with Gasteiger partial charge in [-0.1, -0.05) is 36.4 Å². The van der Waals surface area contributed by atoms with Crippen molar-refractivity contribution >= 4 is 11.8 Å². The Morgan fingerprint density at radius 1 is 1.16 bits per heavy atom. The second kappa shape index (κ2) is 11.9. The van der Waals surface area contributed by atoms with Crippen LogP contribution in [0.5, 0.6) is 11.5 Å². The quantitative estimate of drug-likeness (QED) is 0.423. The third kappa shape index (κ3) is 7.44. The van der Waals surface area contributed by atoms with Gasteiger partial charge >= 0.3 is 6.36 Å². The van der Waals surface area contributed by atoms with E-state index < -0.39 is 30.0 Å². The summed E-state index contributed by atoms with van der Waals surface area (Å²) in [5.41, 5.74) is 1.73. The molecule has 0 spiro atoms. The zero-order valence-corrected chi connectivity index (χ0v) is 19.9. The Morgan fingerprint density at radius 2 is 1.89 bits per heavy atom. The predicted molar refractivity (Wildman–Crippen MR) is 124 cm³/mol. The van der Waals surface area contributed by atoms with Crippen molar-refractivity contribution in [2.24, 2.45) is 0 Å². The summed E-state index contributed by atoms with van der Waals surface area (Å²) in [5, 5.41) is 22.3. The molecule has 0 aliphatic rings. The molecule has 0 aliphatic heterocycles. The van der Waals surface area contributed by atoms with Crippen LogP contribution in [0.1, 0.15) is 44.9 Å². The lowest BCUT2D eigenvalue weighted by molar-refractivity contribution is -0.274. The highest BCUT2D eigenvalue weighted by Crippen LogP contribution is 2.29. The second-order valence-electron chi connectivity index (χ2n) is 7.66. The molecule has 0 saturated carbocycles. The highest BCUT2D eigenvalue weighted by Gasteiger charge is 2.31. The molecule has 0 bridgehead atoms. The fourth-order valence-corrected chi connectivity index (χ4v) is 3.29. The van der Waals surface area contributed by atoms with Crippen LogP contribution in [0.3, 0.4) is 0 Å². The first kappa shape index (κ1) is 27.0. The summed E-state index contributed by atoms with van der Waals surface area (Å²) in [6, 6.07) is 11.6. The van der Waals surface area contributed by atoms with Crippen LogP contribution in [0, 0.1) is 11.3 Å². The van der Waals surface area contributed by atoms with E-state index in [1.54, 1.807) is 12.1 Å². The number of benzene rings is 2. The Morgan fingerprint density at radius 3 is 2.51 bits per heavy atom. The van der Waals surface area contributed by atoms with Crippen LogP contribution in [0.25, 0.3) is 0 Å². The summed E-state index contributed by atoms with van der Waals surface area (Å²) < 4.78 is 47.4. The van der Waals surface area contributed by atoms with Crippen molar-refractivity contribution in [3.63, 3.8) is 0 Å². The van der Waals surface area contributed by atoms with E-state index in [0.717, 1.165) is 30.2 Å². The van der Waals surface area contributed by atoms with Crippen molar-refractivity contribution in [1.82, 2.24) is 25.6 Å². The average molecular weight is 516 g/mol. The second-order valence-corrected chi connectivity index (χ2v) is 7.66. The normalized spacial score (nSPS) is 11.8. The van der Waals surface area contributed by atoms with E-state index in [9.17, 15) is 28.0 Å². The number of amides is 2. The van der Waals surface area contributed by atoms with E-state index in [4.69, 9.17) is 4.74 Å². The molecule has 37 heavy (non-hydrogen) atoms. The van der Waals surface area contributed by atoms with Crippen molar-refractivity contribution in [1.29, 1.82) is 5.26 Å². The topological polar surface area (TPSA) is 131 Å². The van der Waals surface area contributed by atoms with Crippen LogP contribution >= 0.6 is 0 Å². The summed E-state index contributed by atoms with van der Waals surface area (Å²) in [5.74, 6) is -1.81. The Bertz CT molecular complexity index is 1280. The third-order valence-electron chi connectivity index (χ3n) is 5.17. The molecular weight excluding hydrogens is 493 g/mol. The Kier molecular flexibility index (Phi) is 8.68. The van der Waals surface area contributed by atoms with Crippen molar-refractivity contribution < 1.29 is 32.2 Å². The number of methoxy groups -OCH3 is 1. The minimum atomic E-state index is -4.88. The molecule has 1 aromatic heterocycles. The fourth-order valence-electron chi connectivity index (χ4n) is 3.29. The van der Waals surface area contributed by atoms with Crippen molar-refractivity contribution in [3.8, 4) is 17.6 Å². The largest absolute Gasteiger partial charge is 0.573 e. The Labute approximate surface area is 210 Å². The van der Waals surface area contributed by atoms with E-state index in [0.29, 0.717) is 5.56 Å². The summed E-state index contributed by atoms with van der Waals surface area (Å²) in [6.45, 7) is 2.22. The number of nitrogens with zero attached hydrogens (tertiary/aromatic N) is 4. The van der Waals surface area contributed by atoms with Crippen LogP contribution in [-0.4, -0.2) is 46.8 Å². The van der Waals surface area contributed by atoms with Crippen molar-refractivity contribution in [3.05, 3.63) is 71.0 Å². The first-order valence-corrected chi connectivity index (χ1v) is 11.0. The number of ether oxygens (including phenoxy) is 2. The molecule has 1 atom stereocenters. The van der Waals surface area contributed by atoms with Crippen LogP contribution in [0.15, 0.2) is 48.7 Å². The van der Waals surface area contributed by atoms with Gasteiger partial charge in [-0.25, -0.2) is 4.68 Å². The summed E-state index contributed by atoms with van der Waals surface area (Å²) in [4.78, 5) is 25.0. The van der Waals surface area contributed by atoms with Gasteiger partial charge < -0.3 is 20.1 Å². The highest BCUT2D eigenvalue weighted by atomic mass is 19.4. The van der Waals surface area contributed by atoms with Gasteiger partial charge in [0.2, 0.25) is 0 Å². The molecular formula is C24H23F3N6O4. The minimum absolute atomic E-state index is 0.00481. The lowest BCUT2D eigenvalue weighted by atomic mass is 10.0. The van der Waals surface area contributed by atoms with E-state index in [1.807, 2.05) is 25.1 Å². The van der Waals surface area contributed by atoms with Gasteiger partial charge in [0, 0.05) is 12.6 Å². The van der Waals surface area contributed by atoms with Gasteiger partial charge in [0.05, 0.1) is 31.5 Å². The zero-order valence-electron chi connectivity index (χ0n) is 19.9. The molecule has 1 heterocycles. The summed E-state index contributed by atoms with van der Waals surface area (Å²) in [7, 11) is 1.21. The number of hydrogen-bond donors (Lipinski definition) is 2. The number of carbonyl (C=O) groups is 2. The molecule has 13 heteroatoms. The number of halogens is 3. The lowest BCUT2D eigenvalue weighted by Gasteiger charge is -2.13. The maximum atomic E-state index is 12.5. The van der Waals surface area contributed by atoms with Gasteiger partial charge in [0.25, 0.3) is 11.8 Å². The monoisotopic (exact) mass is 516 g/mol. The molecule has 194 valence electrons. The number of alkyl halides is 3. The van der Waals surface area contributed by atoms with Crippen LogP contribution in [-0.2, 0) is 13.0 Å².